The van der Waals surface area contributed by atoms with Gasteiger partial charge in [-0.3, -0.25) is 4.79 Å². The molecular formula is C15H22N2O4. The van der Waals surface area contributed by atoms with Gasteiger partial charge < -0.3 is 20.9 Å². The van der Waals surface area contributed by atoms with Crippen LogP contribution >= 0.6 is 0 Å². The number of rotatable bonds is 5. The first-order valence-electron chi connectivity index (χ1n) is 6.65. The summed E-state index contributed by atoms with van der Waals surface area (Å²) in [4.78, 5) is 22.7. The van der Waals surface area contributed by atoms with Gasteiger partial charge >= 0.3 is 11.9 Å². The summed E-state index contributed by atoms with van der Waals surface area (Å²) >= 11 is 0. The predicted octanol–water partition coefficient (Wildman–Crippen LogP) is 1.71. The van der Waals surface area contributed by atoms with Gasteiger partial charge in [-0.05, 0) is 51.0 Å². The Labute approximate surface area is 124 Å². The second kappa shape index (κ2) is 6.58. The number of anilines is 1. The number of carboxylic acids is 1. The average molecular weight is 294 g/mol. The highest BCUT2D eigenvalue weighted by atomic mass is 16.6. The first-order valence-corrected chi connectivity index (χ1v) is 6.65. The van der Waals surface area contributed by atoms with Gasteiger partial charge in [-0.15, -0.1) is 0 Å². The molecule has 0 amide bonds. The molecule has 0 saturated heterocycles. The molecule has 0 aromatic heterocycles. The molecule has 0 unspecified atom stereocenters. The Balaban J connectivity index is 2.68. The molecule has 116 valence electrons. The summed E-state index contributed by atoms with van der Waals surface area (Å²) in [6.45, 7) is 7.50. The maximum absolute atomic E-state index is 11.6. The van der Waals surface area contributed by atoms with Crippen molar-refractivity contribution in [1.29, 1.82) is 0 Å². The lowest BCUT2D eigenvalue weighted by Crippen LogP contribution is -2.31. The topological polar surface area (TPSA) is 102 Å². The van der Waals surface area contributed by atoms with Gasteiger partial charge in [0.25, 0.3) is 0 Å². The zero-order chi connectivity index (χ0) is 16.2. The minimum absolute atomic E-state index is 0.0495. The molecule has 1 rings (SSSR count). The average Bonchev–Trinajstić information content (AvgIpc) is 2.30. The van der Waals surface area contributed by atoms with Crippen molar-refractivity contribution in [3.63, 3.8) is 0 Å². The normalized spacial score (nSPS) is 11.2. The lowest BCUT2D eigenvalue weighted by Gasteiger charge is -2.19. The van der Waals surface area contributed by atoms with Gasteiger partial charge in [-0.1, -0.05) is 0 Å². The molecule has 0 aliphatic heterocycles. The number of carboxylic acid groups (broad SMARTS) is 1. The van der Waals surface area contributed by atoms with Crippen molar-refractivity contribution in [2.45, 2.75) is 39.8 Å². The van der Waals surface area contributed by atoms with Gasteiger partial charge in [0.1, 0.15) is 5.60 Å². The molecule has 0 bridgehead atoms. The van der Waals surface area contributed by atoms with Crippen LogP contribution < -0.4 is 11.1 Å². The van der Waals surface area contributed by atoms with E-state index in [0.717, 1.165) is 5.56 Å². The first kappa shape index (κ1) is 17.0. The number of aromatic carboxylic acids is 1. The van der Waals surface area contributed by atoms with E-state index in [0.29, 0.717) is 17.8 Å². The highest BCUT2D eigenvalue weighted by Gasteiger charge is 2.16. The minimum Gasteiger partial charge on any atom is -0.478 e. The van der Waals surface area contributed by atoms with Crippen LogP contribution in [0.1, 0.15) is 42.3 Å². The molecule has 6 nitrogen and oxygen atoms in total. The van der Waals surface area contributed by atoms with E-state index < -0.39 is 11.6 Å². The van der Waals surface area contributed by atoms with Crippen LogP contribution in [0.15, 0.2) is 12.1 Å². The van der Waals surface area contributed by atoms with Crippen LogP contribution in [0, 0.1) is 6.92 Å². The first-order chi connectivity index (χ1) is 9.60. The standard InChI is InChI=1S/C15H22N2O4/c1-9-10(5-11(16)6-12(9)14(19)20)7-17-8-13(18)21-15(2,3)4/h5-6,17H,7-8,16H2,1-4H3,(H,19,20). The number of hydrogen-bond donors (Lipinski definition) is 3. The third kappa shape index (κ3) is 5.43. The van der Waals surface area contributed by atoms with Gasteiger partial charge in [0.05, 0.1) is 12.1 Å². The molecule has 6 heteroatoms. The van der Waals surface area contributed by atoms with E-state index in [2.05, 4.69) is 5.32 Å². The second-order valence-electron chi connectivity index (χ2n) is 5.85. The maximum atomic E-state index is 11.6. The van der Waals surface area contributed by atoms with Crippen molar-refractivity contribution in [2.24, 2.45) is 0 Å². The third-order valence-electron chi connectivity index (χ3n) is 2.77. The van der Waals surface area contributed by atoms with Crippen LogP contribution in [0.25, 0.3) is 0 Å². The van der Waals surface area contributed by atoms with Crippen molar-refractivity contribution >= 4 is 17.6 Å². The number of carbonyl (C=O) groups is 2. The van der Waals surface area contributed by atoms with Crippen molar-refractivity contribution in [3.05, 3.63) is 28.8 Å². The molecule has 21 heavy (non-hydrogen) atoms. The number of hydrogen-bond acceptors (Lipinski definition) is 5. The lowest BCUT2D eigenvalue weighted by atomic mass is 10.0. The highest BCUT2D eigenvalue weighted by Crippen LogP contribution is 2.18. The Morgan fingerprint density at radius 1 is 1.33 bits per heavy atom. The number of esters is 1. The van der Waals surface area contributed by atoms with Crippen LogP contribution in [0.5, 0.6) is 0 Å². The van der Waals surface area contributed by atoms with Crippen molar-refractivity contribution < 1.29 is 19.4 Å². The smallest absolute Gasteiger partial charge is 0.336 e. The summed E-state index contributed by atoms with van der Waals surface area (Å²) in [6, 6.07) is 3.12. The summed E-state index contributed by atoms with van der Waals surface area (Å²) in [5.74, 6) is -1.38. The number of carbonyl (C=O) groups excluding carboxylic acids is 1. The van der Waals surface area contributed by atoms with E-state index >= 15 is 0 Å². The van der Waals surface area contributed by atoms with Crippen LogP contribution in [-0.4, -0.2) is 29.2 Å². The molecule has 0 fully saturated rings. The Morgan fingerprint density at radius 3 is 2.48 bits per heavy atom. The summed E-state index contributed by atoms with van der Waals surface area (Å²) in [7, 11) is 0. The highest BCUT2D eigenvalue weighted by molar-refractivity contribution is 5.91. The zero-order valence-electron chi connectivity index (χ0n) is 12.8. The maximum Gasteiger partial charge on any atom is 0.336 e. The monoisotopic (exact) mass is 294 g/mol. The zero-order valence-corrected chi connectivity index (χ0v) is 12.8. The largest absolute Gasteiger partial charge is 0.478 e. The molecule has 0 radical (unpaired) electrons. The number of ether oxygens (including phenoxy) is 1. The van der Waals surface area contributed by atoms with E-state index in [4.69, 9.17) is 15.6 Å². The summed E-state index contributed by atoms with van der Waals surface area (Å²) in [5, 5.41) is 12.0. The molecule has 1 aromatic rings. The van der Waals surface area contributed by atoms with Crippen LogP contribution in [0.4, 0.5) is 5.69 Å². The van der Waals surface area contributed by atoms with Crippen molar-refractivity contribution in [2.75, 3.05) is 12.3 Å². The molecule has 0 aliphatic carbocycles. The summed E-state index contributed by atoms with van der Waals surface area (Å²) < 4.78 is 5.17. The van der Waals surface area contributed by atoms with E-state index in [-0.39, 0.29) is 18.1 Å². The van der Waals surface area contributed by atoms with Gasteiger partial charge in [0.2, 0.25) is 0 Å². The van der Waals surface area contributed by atoms with Gasteiger partial charge in [-0.2, -0.15) is 0 Å². The molecule has 4 N–H and O–H groups in total. The van der Waals surface area contributed by atoms with Crippen LogP contribution in [0.2, 0.25) is 0 Å². The molecule has 0 saturated carbocycles. The second-order valence-corrected chi connectivity index (χ2v) is 5.85. The molecule has 0 heterocycles. The molecule has 1 aromatic carbocycles. The Kier molecular flexibility index (Phi) is 5.32. The van der Waals surface area contributed by atoms with Crippen molar-refractivity contribution in [1.82, 2.24) is 5.32 Å². The number of nitrogens with two attached hydrogens (primary N) is 1. The lowest BCUT2D eigenvalue weighted by molar-refractivity contribution is -0.153. The third-order valence-corrected chi connectivity index (χ3v) is 2.77. The number of nitrogen functional groups attached to an aromatic ring is 1. The summed E-state index contributed by atoms with van der Waals surface area (Å²) in [6.07, 6.45) is 0. The SMILES string of the molecule is Cc1c(CNCC(=O)OC(C)(C)C)cc(N)cc1C(=O)O. The Morgan fingerprint density at radius 2 is 1.95 bits per heavy atom. The van der Waals surface area contributed by atoms with E-state index in [1.54, 1.807) is 33.8 Å². The minimum atomic E-state index is -1.02. The van der Waals surface area contributed by atoms with E-state index in [9.17, 15) is 9.59 Å². The molecule has 0 spiro atoms. The Hall–Kier alpha value is -2.08. The van der Waals surface area contributed by atoms with E-state index in [1.165, 1.54) is 6.07 Å². The molecule has 0 atom stereocenters. The van der Waals surface area contributed by atoms with Crippen LogP contribution in [-0.2, 0) is 16.1 Å². The van der Waals surface area contributed by atoms with Gasteiger partial charge in [0, 0.05) is 12.2 Å². The van der Waals surface area contributed by atoms with Gasteiger partial charge in [-0.25, -0.2) is 4.79 Å². The van der Waals surface area contributed by atoms with E-state index in [1.807, 2.05) is 0 Å². The fourth-order valence-corrected chi connectivity index (χ4v) is 1.88. The number of nitrogens with one attached hydrogen (secondary N) is 1. The Bertz CT molecular complexity index is 547. The molecule has 0 aliphatic rings. The predicted molar refractivity (Wildman–Crippen MR) is 80.1 cm³/mol. The molecular weight excluding hydrogens is 272 g/mol. The quantitative estimate of drug-likeness (QED) is 0.564. The fourth-order valence-electron chi connectivity index (χ4n) is 1.88. The summed E-state index contributed by atoms with van der Waals surface area (Å²) in [5.41, 5.74) is 7.10. The number of benzene rings is 1. The van der Waals surface area contributed by atoms with Gasteiger partial charge in [0.15, 0.2) is 0 Å². The van der Waals surface area contributed by atoms with Crippen LogP contribution in [0.3, 0.4) is 0 Å². The fraction of sp³-hybridized carbons (Fsp3) is 0.467. The van der Waals surface area contributed by atoms with Crippen molar-refractivity contribution in [3.8, 4) is 0 Å².